The van der Waals surface area contributed by atoms with Crippen molar-refractivity contribution in [2.24, 2.45) is 29.0 Å². The summed E-state index contributed by atoms with van der Waals surface area (Å²) < 4.78 is 0. The van der Waals surface area contributed by atoms with Gasteiger partial charge in [0.1, 0.15) is 24.2 Å². The molecular weight excluding hydrogens is 664 g/mol. The van der Waals surface area contributed by atoms with Gasteiger partial charge in [-0.3, -0.25) is 28.8 Å². The van der Waals surface area contributed by atoms with Crippen molar-refractivity contribution in [2.45, 2.75) is 115 Å². The van der Waals surface area contributed by atoms with Crippen LogP contribution in [0.2, 0.25) is 0 Å². The van der Waals surface area contributed by atoms with E-state index in [0.29, 0.717) is 24.8 Å². The Morgan fingerprint density at radius 2 is 1.24 bits per heavy atom. The molecule has 0 unspecified atom stereocenters. The van der Waals surface area contributed by atoms with Crippen molar-refractivity contribution in [1.82, 2.24) is 26.6 Å². The van der Waals surface area contributed by atoms with Gasteiger partial charge in [-0.2, -0.15) is 0 Å². The quantitative estimate of drug-likeness (QED) is 0.0560. The van der Waals surface area contributed by atoms with Crippen LogP contribution in [0.3, 0.4) is 0 Å². The van der Waals surface area contributed by atoms with Gasteiger partial charge in [0.05, 0.1) is 18.6 Å². The van der Waals surface area contributed by atoms with Crippen molar-refractivity contribution in [3.05, 3.63) is 35.9 Å². The minimum Gasteiger partial charge on any atom is -0.480 e. The lowest BCUT2D eigenvalue weighted by molar-refractivity contribution is -0.145. The first kappa shape index (κ1) is 44.4. The van der Waals surface area contributed by atoms with Gasteiger partial charge in [0, 0.05) is 6.42 Å². The molecule has 0 spiro atoms. The van der Waals surface area contributed by atoms with Gasteiger partial charge in [-0.15, -0.1) is 0 Å². The molecule has 0 aromatic heterocycles. The van der Waals surface area contributed by atoms with Gasteiger partial charge >= 0.3 is 5.97 Å². The average molecular weight is 721 g/mol. The van der Waals surface area contributed by atoms with Crippen LogP contribution in [0.25, 0.3) is 0 Å². The third kappa shape index (κ3) is 16.3. The van der Waals surface area contributed by atoms with Crippen LogP contribution < -0.4 is 43.8 Å². The summed E-state index contributed by atoms with van der Waals surface area (Å²) in [6.45, 7) is 8.45. The first-order chi connectivity index (χ1) is 23.9. The highest BCUT2D eigenvalue weighted by molar-refractivity contribution is 5.98. The molecule has 286 valence electrons. The van der Waals surface area contributed by atoms with Crippen LogP contribution in [0.1, 0.15) is 72.3 Å². The smallest absolute Gasteiger partial charge is 0.328 e. The number of nitrogens with two attached hydrogens (primary N) is 3. The number of benzene rings is 1. The van der Waals surface area contributed by atoms with Crippen LogP contribution in [0.15, 0.2) is 30.3 Å². The molecule has 17 heteroatoms. The number of aliphatic hydroxyl groups is 1. The normalized spacial score (nSPS) is 15.3. The highest BCUT2D eigenvalue weighted by Gasteiger charge is 2.35. The molecule has 1 aromatic carbocycles. The van der Waals surface area contributed by atoms with Crippen molar-refractivity contribution in [3.8, 4) is 0 Å². The summed E-state index contributed by atoms with van der Waals surface area (Å²) in [4.78, 5) is 90.3. The van der Waals surface area contributed by atoms with E-state index in [0.717, 1.165) is 0 Å². The fourth-order valence-corrected chi connectivity index (χ4v) is 5.09. The van der Waals surface area contributed by atoms with Gasteiger partial charge < -0.3 is 54.0 Å². The second kappa shape index (κ2) is 22.3. The van der Waals surface area contributed by atoms with Gasteiger partial charge in [0.2, 0.25) is 35.4 Å². The minimum atomic E-state index is -1.64. The van der Waals surface area contributed by atoms with E-state index in [9.17, 15) is 43.8 Å². The SMILES string of the molecule is CC(C)C[C@H](N)C(=O)N[C@@H](Cc1ccccc1)C(=O)N[C@@H](CC(N)=O)C(=O)N[C@@H](CCCCN)C(=O)N[C@H](C(=O)N[C@H](C(=O)O)[C@@H](C)O)C(C)C. The standard InChI is InChI=1S/C34H56N8O9/c1-18(2)15-22(36)29(45)39-24(16-21-11-7-6-8-12-21)31(47)40-25(17-26(37)44)32(48)38-23(13-9-10-14-35)30(46)41-27(19(3)4)33(49)42-28(20(5)43)34(50)51/h6-8,11-12,18-20,22-25,27-28,43H,9-10,13-17,35-36H2,1-5H3,(H2,37,44)(H,38,48)(H,39,45)(H,40,47)(H,41,46)(H,42,49)(H,50,51)/t20-,22+,23+,24+,25+,27+,28+/m1/s1. The zero-order chi connectivity index (χ0) is 38.8. The predicted molar refractivity (Wildman–Crippen MR) is 188 cm³/mol. The van der Waals surface area contributed by atoms with E-state index in [-0.39, 0.29) is 25.3 Å². The van der Waals surface area contributed by atoms with Crippen molar-refractivity contribution >= 4 is 41.4 Å². The second-order valence-corrected chi connectivity index (χ2v) is 13.4. The molecule has 0 aliphatic carbocycles. The summed E-state index contributed by atoms with van der Waals surface area (Å²) in [7, 11) is 0. The highest BCUT2D eigenvalue weighted by Crippen LogP contribution is 2.10. The lowest BCUT2D eigenvalue weighted by Gasteiger charge is -2.28. The monoisotopic (exact) mass is 720 g/mol. The van der Waals surface area contributed by atoms with Crippen LogP contribution >= 0.6 is 0 Å². The number of hydrogen-bond donors (Lipinski definition) is 10. The maximum atomic E-state index is 13.6. The molecule has 0 aliphatic rings. The Morgan fingerprint density at radius 1 is 0.706 bits per heavy atom. The zero-order valence-electron chi connectivity index (χ0n) is 30.0. The molecule has 0 saturated carbocycles. The molecule has 1 aromatic rings. The lowest BCUT2D eigenvalue weighted by Crippen LogP contribution is -2.61. The Hall–Kier alpha value is -4.61. The number of hydrogen-bond acceptors (Lipinski definition) is 10. The summed E-state index contributed by atoms with van der Waals surface area (Å²) in [5.41, 5.74) is 17.8. The number of carbonyl (C=O) groups excluding carboxylic acids is 6. The molecule has 13 N–H and O–H groups in total. The summed E-state index contributed by atoms with van der Waals surface area (Å²) in [6.07, 6.45) is -0.822. The first-order valence-electron chi connectivity index (χ1n) is 17.1. The van der Waals surface area contributed by atoms with Crippen LogP contribution in [-0.2, 0) is 40.0 Å². The topological polar surface area (TPSA) is 298 Å². The van der Waals surface area contributed by atoms with Gasteiger partial charge in [0.25, 0.3) is 0 Å². The van der Waals surface area contributed by atoms with Crippen LogP contribution in [-0.4, -0.2) is 101 Å². The second-order valence-electron chi connectivity index (χ2n) is 13.4. The molecule has 17 nitrogen and oxygen atoms in total. The molecule has 1 rings (SSSR count). The molecule has 7 atom stereocenters. The Labute approximate surface area is 298 Å². The molecule has 6 amide bonds. The largest absolute Gasteiger partial charge is 0.480 e. The van der Waals surface area contributed by atoms with Gasteiger partial charge in [-0.1, -0.05) is 58.0 Å². The number of rotatable bonds is 23. The Balaban J connectivity index is 3.31. The van der Waals surface area contributed by atoms with E-state index in [2.05, 4.69) is 26.6 Å². The minimum absolute atomic E-state index is 0.0261. The Bertz CT molecular complexity index is 1330. The third-order valence-corrected chi connectivity index (χ3v) is 7.89. The number of carboxylic acids is 1. The Morgan fingerprint density at radius 3 is 1.75 bits per heavy atom. The van der Waals surface area contributed by atoms with E-state index in [4.69, 9.17) is 17.2 Å². The highest BCUT2D eigenvalue weighted by atomic mass is 16.4. The van der Waals surface area contributed by atoms with E-state index in [1.165, 1.54) is 6.92 Å². The molecule has 0 saturated heterocycles. The molecule has 0 bridgehead atoms. The van der Waals surface area contributed by atoms with Crippen molar-refractivity contribution in [2.75, 3.05) is 6.54 Å². The molecule has 0 radical (unpaired) electrons. The average Bonchev–Trinajstić information content (AvgIpc) is 3.04. The van der Waals surface area contributed by atoms with E-state index >= 15 is 0 Å². The summed E-state index contributed by atoms with van der Waals surface area (Å²) in [6, 6.07) is 0.901. The summed E-state index contributed by atoms with van der Waals surface area (Å²) >= 11 is 0. The molecule has 0 fully saturated rings. The lowest BCUT2D eigenvalue weighted by atomic mass is 10.0. The number of amides is 6. The molecule has 0 aliphatic heterocycles. The number of aliphatic hydroxyl groups excluding tert-OH is 1. The van der Waals surface area contributed by atoms with Crippen LogP contribution in [0.5, 0.6) is 0 Å². The van der Waals surface area contributed by atoms with Gasteiger partial charge in [-0.25, -0.2) is 4.79 Å². The van der Waals surface area contributed by atoms with Crippen LogP contribution in [0, 0.1) is 11.8 Å². The zero-order valence-corrected chi connectivity index (χ0v) is 30.0. The van der Waals surface area contributed by atoms with E-state index < -0.39 is 96.1 Å². The van der Waals surface area contributed by atoms with Crippen molar-refractivity contribution in [3.63, 3.8) is 0 Å². The number of nitrogens with one attached hydrogen (secondary N) is 5. The summed E-state index contributed by atoms with van der Waals surface area (Å²) in [5.74, 6) is -6.89. The molecule has 0 heterocycles. The maximum absolute atomic E-state index is 13.6. The van der Waals surface area contributed by atoms with Crippen LogP contribution in [0.4, 0.5) is 0 Å². The fraction of sp³-hybridized carbons (Fsp3) is 0.618. The molecular formula is C34H56N8O9. The van der Waals surface area contributed by atoms with E-state index in [1.807, 2.05) is 13.8 Å². The number of carboxylic acid groups (broad SMARTS) is 1. The number of aliphatic carboxylic acids is 1. The fourth-order valence-electron chi connectivity index (χ4n) is 5.09. The molecule has 51 heavy (non-hydrogen) atoms. The Kier molecular flexibility index (Phi) is 19.4. The predicted octanol–water partition coefficient (Wildman–Crippen LogP) is -1.85. The van der Waals surface area contributed by atoms with Crippen molar-refractivity contribution in [1.29, 1.82) is 0 Å². The van der Waals surface area contributed by atoms with Gasteiger partial charge in [-0.05, 0) is 56.6 Å². The van der Waals surface area contributed by atoms with Crippen molar-refractivity contribution < 1.29 is 43.8 Å². The number of unbranched alkanes of at least 4 members (excludes halogenated alkanes) is 1. The third-order valence-electron chi connectivity index (χ3n) is 7.89. The van der Waals surface area contributed by atoms with E-state index in [1.54, 1.807) is 44.2 Å². The first-order valence-corrected chi connectivity index (χ1v) is 17.1. The summed E-state index contributed by atoms with van der Waals surface area (Å²) in [5, 5.41) is 31.6. The maximum Gasteiger partial charge on any atom is 0.328 e. The number of primary amides is 1. The van der Waals surface area contributed by atoms with Gasteiger partial charge in [0.15, 0.2) is 6.04 Å². The number of carbonyl (C=O) groups is 7.